The smallest absolute Gasteiger partial charge is 0.271 e. The third kappa shape index (κ3) is 1.67. The first-order valence-electron chi connectivity index (χ1n) is 5.56. The zero-order chi connectivity index (χ0) is 11.8. The number of nitrogens with one attached hydrogen (secondary N) is 1. The summed E-state index contributed by atoms with van der Waals surface area (Å²) in [7, 11) is 0. The van der Waals surface area contributed by atoms with Gasteiger partial charge in [-0.25, -0.2) is 9.97 Å². The Morgan fingerprint density at radius 3 is 3.00 bits per heavy atom. The minimum Gasteiger partial charge on any atom is -0.312 e. The highest BCUT2D eigenvalue weighted by molar-refractivity contribution is 6.31. The molecular weight excluding hydrogens is 240 g/mol. The van der Waals surface area contributed by atoms with Crippen LogP contribution in [0.4, 0.5) is 0 Å². The van der Waals surface area contributed by atoms with E-state index in [1.165, 1.54) is 12.7 Å². The normalized spacial score (nSPS) is 14.6. The molecule has 0 radical (unpaired) electrons. The molecule has 0 unspecified atom stereocenters. The number of H-pyrrole nitrogens is 1. The van der Waals surface area contributed by atoms with Crippen molar-refractivity contribution < 1.29 is 0 Å². The van der Waals surface area contributed by atoms with Crippen molar-refractivity contribution in [3.63, 3.8) is 0 Å². The highest BCUT2D eigenvalue weighted by Crippen LogP contribution is 2.23. The van der Waals surface area contributed by atoms with Crippen LogP contribution in [0.1, 0.15) is 24.2 Å². The first-order chi connectivity index (χ1) is 8.27. The van der Waals surface area contributed by atoms with Gasteiger partial charge >= 0.3 is 0 Å². The van der Waals surface area contributed by atoms with Crippen molar-refractivity contribution in [3.8, 4) is 5.82 Å². The van der Waals surface area contributed by atoms with Crippen LogP contribution in [-0.4, -0.2) is 19.5 Å². The van der Waals surface area contributed by atoms with E-state index in [-0.39, 0.29) is 10.6 Å². The Hall–Kier alpha value is -1.62. The molecule has 0 aromatic carbocycles. The Bertz CT molecular complexity index is 616. The molecule has 0 spiro atoms. The Balaban J connectivity index is 2.19. The fourth-order valence-corrected chi connectivity index (χ4v) is 2.39. The standard InChI is InChI=1S/C11H11ClN4O/c12-9-10(13-5-14-11(9)17)16-6-15-7-3-1-2-4-8(7)16/h5-6H,1-4H2,(H,13,14,17). The zero-order valence-electron chi connectivity index (χ0n) is 9.11. The van der Waals surface area contributed by atoms with Gasteiger partial charge in [-0.15, -0.1) is 0 Å². The molecule has 6 heteroatoms. The molecule has 88 valence electrons. The molecule has 5 nitrogen and oxygen atoms in total. The molecule has 0 saturated heterocycles. The molecule has 3 rings (SSSR count). The largest absolute Gasteiger partial charge is 0.312 e. The van der Waals surface area contributed by atoms with Crippen LogP contribution in [0.15, 0.2) is 17.4 Å². The van der Waals surface area contributed by atoms with Gasteiger partial charge in [0.05, 0.1) is 12.0 Å². The quantitative estimate of drug-likeness (QED) is 0.834. The second kappa shape index (κ2) is 4.00. The van der Waals surface area contributed by atoms with Crippen LogP contribution in [-0.2, 0) is 12.8 Å². The molecule has 2 aromatic rings. The molecule has 0 fully saturated rings. The highest BCUT2D eigenvalue weighted by Gasteiger charge is 2.18. The summed E-state index contributed by atoms with van der Waals surface area (Å²) in [5.41, 5.74) is 1.89. The van der Waals surface area contributed by atoms with E-state index in [0.717, 1.165) is 30.7 Å². The van der Waals surface area contributed by atoms with Crippen molar-refractivity contribution in [3.05, 3.63) is 39.4 Å². The average molecular weight is 251 g/mol. The maximum atomic E-state index is 11.4. The van der Waals surface area contributed by atoms with Gasteiger partial charge in [-0.05, 0) is 25.7 Å². The van der Waals surface area contributed by atoms with Crippen molar-refractivity contribution in [2.45, 2.75) is 25.7 Å². The summed E-state index contributed by atoms with van der Waals surface area (Å²) in [4.78, 5) is 22.4. The SMILES string of the molecule is O=c1[nH]cnc(-n2cnc3c2CCCC3)c1Cl. The number of aryl methyl sites for hydroxylation is 1. The van der Waals surface area contributed by atoms with E-state index >= 15 is 0 Å². The molecule has 0 aliphatic heterocycles. The summed E-state index contributed by atoms with van der Waals surface area (Å²) >= 11 is 5.97. The maximum absolute atomic E-state index is 11.4. The number of hydrogen-bond acceptors (Lipinski definition) is 3. The van der Waals surface area contributed by atoms with Crippen LogP contribution >= 0.6 is 11.6 Å². The highest BCUT2D eigenvalue weighted by atomic mass is 35.5. The van der Waals surface area contributed by atoms with E-state index in [0.29, 0.717) is 5.82 Å². The van der Waals surface area contributed by atoms with E-state index in [1.54, 1.807) is 6.33 Å². The van der Waals surface area contributed by atoms with E-state index in [2.05, 4.69) is 15.0 Å². The number of nitrogens with zero attached hydrogens (tertiary/aromatic N) is 3. The number of rotatable bonds is 1. The summed E-state index contributed by atoms with van der Waals surface area (Å²) in [6, 6.07) is 0. The van der Waals surface area contributed by atoms with Crippen LogP contribution < -0.4 is 5.56 Å². The van der Waals surface area contributed by atoms with E-state index in [4.69, 9.17) is 11.6 Å². The van der Waals surface area contributed by atoms with Gasteiger partial charge in [0.2, 0.25) is 0 Å². The molecule has 1 aliphatic carbocycles. The first kappa shape index (κ1) is 10.5. The topological polar surface area (TPSA) is 63.6 Å². The molecule has 0 amide bonds. The van der Waals surface area contributed by atoms with Crippen LogP contribution in [0.3, 0.4) is 0 Å². The van der Waals surface area contributed by atoms with Crippen molar-refractivity contribution in [1.29, 1.82) is 0 Å². The van der Waals surface area contributed by atoms with Crippen LogP contribution in [0.25, 0.3) is 5.82 Å². The van der Waals surface area contributed by atoms with Crippen molar-refractivity contribution >= 4 is 11.6 Å². The summed E-state index contributed by atoms with van der Waals surface area (Å²) in [6.45, 7) is 0. The predicted octanol–water partition coefficient (Wildman–Crippen LogP) is 1.49. The number of aromatic amines is 1. The lowest BCUT2D eigenvalue weighted by Gasteiger charge is -2.13. The fourth-order valence-electron chi connectivity index (χ4n) is 2.19. The zero-order valence-corrected chi connectivity index (χ0v) is 9.87. The lowest BCUT2D eigenvalue weighted by Crippen LogP contribution is -2.14. The number of fused-ring (bicyclic) bond motifs is 1. The number of imidazole rings is 1. The third-order valence-corrected chi connectivity index (χ3v) is 3.38. The minimum absolute atomic E-state index is 0.110. The molecule has 0 saturated carbocycles. The summed E-state index contributed by atoms with van der Waals surface area (Å²) < 4.78 is 1.83. The van der Waals surface area contributed by atoms with Crippen LogP contribution in [0.2, 0.25) is 5.02 Å². The number of hydrogen-bond donors (Lipinski definition) is 1. The van der Waals surface area contributed by atoms with Gasteiger partial charge in [-0.2, -0.15) is 0 Å². The Morgan fingerprint density at radius 2 is 2.12 bits per heavy atom. The molecule has 0 bridgehead atoms. The van der Waals surface area contributed by atoms with E-state index in [1.807, 2.05) is 4.57 Å². The van der Waals surface area contributed by atoms with Crippen molar-refractivity contribution in [2.75, 3.05) is 0 Å². The molecule has 2 aromatic heterocycles. The van der Waals surface area contributed by atoms with Gasteiger partial charge in [0.1, 0.15) is 11.3 Å². The van der Waals surface area contributed by atoms with Crippen LogP contribution in [0, 0.1) is 0 Å². The summed E-state index contributed by atoms with van der Waals surface area (Å²) in [5, 5.41) is 0.110. The van der Waals surface area contributed by atoms with Crippen LogP contribution in [0.5, 0.6) is 0 Å². The fraction of sp³-hybridized carbons (Fsp3) is 0.364. The van der Waals surface area contributed by atoms with Gasteiger partial charge in [0, 0.05) is 5.69 Å². The van der Waals surface area contributed by atoms with Gasteiger partial charge in [0.25, 0.3) is 5.56 Å². The molecule has 1 N–H and O–H groups in total. The maximum Gasteiger partial charge on any atom is 0.271 e. The summed E-state index contributed by atoms with van der Waals surface area (Å²) in [5.74, 6) is 0.464. The Labute approximate surface area is 102 Å². The Morgan fingerprint density at radius 1 is 1.29 bits per heavy atom. The average Bonchev–Trinajstić information content (AvgIpc) is 2.77. The van der Waals surface area contributed by atoms with Crippen molar-refractivity contribution in [1.82, 2.24) is 19.5 Å². The summed E-state index contributed by atoms with van der Waals surface area (Å²) in [6.07, 6.45) is 7.31. The van der Waals surface area contributed by atoms with Gasteiger partial charge in [-0.3, -0.25) is 9.36 Å². The van der Waals surface area contributed by atoms with E-state index < -0.39 is 0 Å². The predicted molar refractivity (Wildman–Crippen MR) is 63.6 cm³/mol. The lowest BCUT2D eigenvalue weighted by atomic mass is 10.0. The van der Waals surface area contributed by atoms with E-state index in [9.17, 15) is 4.79 Å². The molecule has 17 heavy (non-hydrogen) atoms. The monoisotopic (exact) mass is 250 g/mol. The van der Waals surface area contributed by atoms with Gasteiger partial charge < -0.3 is 4.98 Å². The Kier molecular flexibility index (Phi) is 2.48. The lowest BCUT2D eigenvalue weighted by molar-refractivity contribution is 0.654. The van der Waals surface area contributed by atoms with Gasteiger partial charge in [-0.1, -0.05) is 11.6 Å². The molecule has 2 heterocycles. The number of halogens is 1. The van der Waals surface area contributed by atoms with Crippen molar-refractivity contribution in [2.24, 2.45) is 0 Å². The third-order valence-electron chi connectivity index (χ3n) is 3.04. The second-order valence-corrected chi connectivity index (χ2v) is 4.46. The minimum atomic E-state index is -0.324. The molecular formula is C11H11ClN4O. The first-order valence-corrected chi connectivity index (χ1v) is 5.94. The molecule has 1 aliphatic rings. The van der Waals surface area contributed by atoms with Gasteiger partial charge in [0.15, 0.2) is 5.82 Å². The molecule has 0 atom stereocenters. The number of aromatic nitrogens is 4. The second-order valence-electron chi connectivity index (χ2n) is 4.08.